The number of nitrogens with zero attached hydrogens (tertiary/aromatic N) is 4. The molecule has 0 atom stereocenters. The van der Waals surface area contributed by atoms with Gasteiger partial charge in [0.1, 0.15) is 11.5 Å². The molecule has 0 aliphatic rings. The molecule has 21 heavy (non-hydrogen) atoms. The molecule has 0 unspecified atom stereocenters. The summed E-state index contributed by atoms with van der Waals surface area (Å²) in [6.45, 7) is 0. The highest BCUT2D eigenvalue weighted by Gasteiger charge is 2.13. The smallest absolute Gasteiger partial charge is 0.258 e. The van der Waals surface area contributed by atoms with Crippen LogP contribution in [0.15, 0.2) is 34.9 Å². The molecule has 0 amide bonds. The highest BCUT2D eigenvalue weighted by Crippen LogP contribution is 2.24. The van der Waals surface area contributed by atoms with Gasteiger partial charge in [-0.05, 0) is 24.3 Å². The monoisotopic (exact) mass is 287 g/mol. The molecule has 0 aliphatic heterocycles. The number of methoxy groups -OCH3 is 1. The Bertz CT molecular complexity index is 772. The maximum Gasteiger partial charge on any atom is 0.258 e. The van der Waals surface area contributed by atoms with Gasteiger partial charge in [0, 0.05) is 11.6 Å². The van der Waals surface area contributed by atoms with Crippen LogP contribution in [0.25, 0.3) is 23.0 Å². The van der Waals surface area contributed by atoms with Crippen LogP contribution in [0.2, 0.25) is 0 Å². The first-order chi connectivity index (χ1) is 10.2. The van der Waals surface area contributed by atoms with Crippen LogP contribution in [0.5, 0.6) is 5.88 Å². The molecule has 1 aromatic carbocycles. The lowest BCUT2D eigenvalue weighted by molar-refractivity contribution is 0.392. The van der Waals surface area contributed by atoms with Gasteiger partial charge in [-0.1, -0.05) is 5.16 Å². The Morgan fingerprint density at radius 2 is 2.05 bits per heavy atom. The summed E-state index contributed by atoms with van der Waals surface area (Å²) >= 11 is 0. The lowest BCUT2D eigenvalue weighted by Crippen LogP contribution is -1.93. The van der Waals surface area contributed by atoms with Gasteiger partial charge in [-0.15, -0.1) is 10.2 Å². The van der Waals surface area contributed by atoms with Crippen molar-refractivity contribution in [1.82, 2.24) is 20.3 Å². The van der Waals surface area contributed by atoms with Crippen LogP contribution >= 0.6 is 0 Å². The van der Waals surface area contributed by atoms with Crippen LogP contribution in [0.3, 0.4) is 0 Å². The minimum Gasteiger partial charge on any atom is -0.480 e. The Hall–Kier alpha value is -3.03. The van der Waals surface area contributed by atoms with Crippen LogP contribution in [0, 0.1) is 5.82 Å². The van der Waals surface area contributed by atoms with E-state index in [1.54, 1.807) is 12.1 Å². The third-order valence-corrected chi connectivity index (χ3v) is 2.75. The Morgan fingerprint density at radius 1 is 1.19 bits per heavy atom. The number of aromatic nitrogens is 4. The van der Waals surface area contributed by atoms with Crippen molar-refractivity contribution in [1.29, 1.82) is 0 Å². The molecule has 3 rings (SSSR count). The summed E-state index contributed by atoms with van der Waals surface area (Å²) < 4.78 is 23.2. The maximum absolute atomic E-state index is 13.1. The second-order valence-corrected chi connectivity index (χ2v) is 4.12. The molecule has 0 saturated carbocycles. The van der Waals surface area contributed by atoms with Gasteiger partial charge in [-0.25, -0.2) is 4.39 Å². The Morgan fingerprint density at radius 3 is 2.71 bits per heavy atom. The standard InChI is InChI=1S/C13H10FN5O2/c1-20-11-5-4-10(17-18-11)12-16-13(21-19-12)7-2-3-8(14)9(15)6-7/h2-6H,15H2,1H3. The number of nitrogens with two attached hydrogens (primary N) is 1. The predicted octanol–water partition coefficient (Wildman–Crippen LogP) is 1.92. The van der Waals surface area contributed by atoms with Gasteiger partial charge in [-0.3, -0.25) is 0 Å². The third kappa shape index (κ3) is 2.50. The summed E-state index contributed by atoms with van der Waals surface area (Å²) in [5.74, 6) is 0.366. The van der Waals surface area contributed by atoms with Gasteiger partial charge >= 0.3 is 0 Å². The summed E-state index contributed by atoms with van der Waals surface area (Å²) in [5.41, 5.74) is 6.47. The summed E-state index contributed by atoms with van der Waals surface area (Å²) in [5, 5.41) is 11.5. The molecule has 0 fully saturated rings. The molecule has 0 bridgehead atoms. The molecule has 0 spiro atoms. The summed E-state index contributed by atoms with van der Waals surface area (Å²) in [6, 6.07) is 7.45. The average Bonchev–Trinajstić information content (AvgIpc) is 3.00. The average molecular weight is 287 g/mol. The molecule has 7 nitrogen and oxygen atoms in total. The van der Waals surface area contributed by atoms with Crippen molar-refractivity contribution in [2.24, 2.45) is 0 Å². The van der Waals surface area contributed by atoms with E-state index in [4.69, 9.17) is 15.0 Å². The third-order valence-electron chi connectivity index (χ3n) is 2.75. The first-order valence-electron chi connectivity index (χ1n) is 5.94. The van der Waals surface area contributed by atoms with Crippen molar-refractivity contribution in [3.63, 3.8) is 0 Å². The van der Waals surface area contributed by atoms with Gasteiger partial charge in [0.05, 0.1) is 12.8 Å². The zero-order valence-electron chi connectivity index (χ0n) is 10.9. The Kier molecular flexibility index (Phi) is 3.19. The first kappa shape index (κ1) is 13.0. The van der Waals surface area contributed by atoms with Crippen molar-refractivity contribution >= 4 is 5.69 Å². The van der Waals surface area contributed by atoms with E-state index in [2.05, 4.69) is 20.3 Å². The van der Waals surface area contributed by atoms with Crippen molar-refractivity contribution in [2.75, 3.05) is 12.8 Å². The van der Waals surface area contributed by atoms with Crippen molar-refractivity contribution in [3.8, 4) is 28.9 Å². The largest absolute Gasteiger partial charge is 0.480 e. The van der Waals surface area contributed by atoms with Crippen molar-refractivity contribution < 1.29 is 13.7 Å². The van der Waals surface area contributed by atoms with Gasteiger partial charge in [0.15, 0.2) is 0 Å². The number of nitrogen functional groups attached to an aromatic ring is 1. The van der Waals surface area contributed by atoms with E-state index >= 15 is 0 Å². The molecule has 0 saturated heterocycles. The van der Waals surface area contributed by atoms with E-state index in [9.17, 15) is 4.39 Å². The topological polar surface area (TPSA) is 100.0 Å². The number of hydrogen-bond acceptors (Lipinski definition) is 7. The van der Waals surface area contributed by atoms with Crippen LogP contribution in [0.1, 0.15) is 0 Å². The number of ether oxygens (including phenoxy) is 1. The van der Waals surface area contributed by atoms with Gasteiger partial charge in [-0.2, -0.15) is 4.98 Å². The van der Waals surface area contributed by atoms with E-state index in [0.29, 0.717) is 17.1 Å². The molecule has 3 aromatic rings. The number of hydrogen-bond donors (Lipinski definition) is 1. The normalized spacial score (nSPS) is 10.6. The van der Waals surface area contributed by atoms with Crippen LogP contribution in [-0.2, 0) is 0 Å². The molecule has 0 aliphatic carbocycles. The second kappa shape index (κ2) is 5.16. The Labute approximate surface area is 118 Å². The van der Waals surface area contributed by atoms with Gasteiger partial charge in [0.25, 0.3) is 5.89 Å². The molecule has 106 valence electrons. The zero-order valence-corrected chi connectivity index (χ0v) is 10.9. The van der Waals surface area contributed by atoms with E-state index in [0.717, 1.165) is 0 Å². The molecule has 2 aromatic heterocycles. The van der Waals surface area contributed by atoms with Gasteiger partial charge < -0.3 is 15.0 Å². The Balaban J connectivity index is 1.93. The summed E-state index contributed by atoms with van der Waals surface area (Å²) in [4.78, 5) is 4.18. The number of rotatable bonds is 3. The van der Waals surface area contributed by atoms with Crippen LogP contribution in [0.4, 0.5) is 10.1 Å². The number of benzene rings is 1. The fraction of sp³-hybridized carbons (Fsp3) is 0.0769. The van der Waals surface area contributed by atoms with E-state index < -0.39 is 5.82 Å². The molecule has 0 radical (unpaired) electrons. The van der Waals surface area contributed by atoms with E-state index in [1.165, 1.54) is 25.3 Å². The van der Waals surface area contributed by atoms with Crippen molar-refractivity contribution in [2.45, 2.75) is 0 Å². The fourth-order valence-electron chi connectivity index (χ4n) is 1.67. The van der Waals surface area contributed by atoms with Crippen LogP contribution in [-0.4, -0.2) is 27.4 Å². The second-order valence-electron chi connectivity index (χ2n) is 4.12. The van der Waals surface area contributed by atoms with E-state index in [-0.39, 0.29) is 17.4 Å². The summed E-state index contributed by atoms with van der Waals surface area (Å²) in [7, 11) is 1.50. The van der Waals surface area contributed by atoms with Crippen LogP contribution < -0.4 is 10.5 Å². The zero-order chi connectivity index (χ0) is 14.8. The minimum atomic E-state index is -0.500. The quantitative estimate of drug-likeness (QED) is 0.734. The van der Waals surface area contributed by atoms with Crippen molar-refractivity contribution in [3.05, 3.63) is 36.1 Å². The molecule has 2 heterocycles. The maximum atomic E-state index is 13.1. The molecular weight excluding hydrogens is 277 g/mol. The number of anilines is 1. The summed E-state index contributed by atoms with van der Waals surface area (Å²) in [6.07, 6.45) is 0. The molecular formula is C13H10FN5O2. The minimum absolute atomic E-state index is 0.0106. The fourth-order valence-corrected chi connectivity index (χ4v) is 1.67. The highest BCUT2D eigenvalue weighted by molar-refractivity contribution is 5.62. The van der Waals surface area contributed by atoms with E-state index in [1.807, 2.05) is 0 Å². The highest BCUT2D eigenvalue weighted by atomic mass is 19.1. The predicted molar refractivity (Wildman–Crippen MR) is 71.7 cm³/mol. The number of halogens is 1. The van der Waals surface area contributed by atoms with Gasteiger partial charge in [0.2, 0.25) is 11.7 Å². The lowest BCUT2D eigenvalue weighted by atomic mass is 10.2. The molecule has 8 heteroatoms. The SMILES string of the molecule is COc1ccc(-c2noc(-c3ccc(F)c(N)c3)n2)nn1. The lowest BCUT2D eigenvalue weighted by Gasteiger charge is -1.98. The first-order valence-corrected chi connectivity index (χ1v) is 5.94. The molecule has 2 N–H and O–H groups in total.